The fraction of sp³-hybridized carbons (Fsp3) is 0.143. The molecule has 1 unspecified atom stereocenters. The Morgan fingerprint density at radius 2 is 1.71 bits per heavy atom. The zero-order valence-electron chi connectivity index (χ0n) is 9.31. The molecule has 0 saturated heterocycles. The molecular weight excluding hydrogens is 234 g/mol. The molecule has 0 heterocycles. The first-order valence-corrected chi connectivity index (χ1v) is 5.80. The number of benzene rings is 2. The molecule has 88 valence electrons. The number of nitrogens with two attached hydrogens (primary N) is 1. The minimum atomic E-state index is -0.240. The van der Waals surface area contributed by atoms with Crippen LogP contribution in [-0.4, -0.2) is 5.11 Å². The maximum atomic E-state index is 9.28. The monoisotopic (exact) mass is 247 g/mol. The van der Waals surface area contributed by atoms with Gasteiger partial charge in [0.05, 0.1) is 12.6 Å². The van der Waals surface area contributed by atoms with Crippen molar-refractivity contribution >= 4 is 11.6 Å². The van der Waals surface area contributed by atoms with E-state index in [-0.39, 0.29) is 12.6 Å². The highest BCUT2D eigenvalue weighted by Gasteiger charge is 2.11. The van der Waals surface area contributed by atoms with Crippen molar-refractivity contribution in [2.75, 3.05) is 0 Å². The number of halogens is 1. The van der Waals surface area contributed by atoms with Gasteiger partial charge >= 0.3 is 0 Å². The van der Waals surface area contributed by atoms with Crippen LogP contribution < -0.4 is 5.73 Å². The molecule has 2 rings (SSSR count). The van der Waals surface area contributed by atoms with E-state index in [1.54, 1.807) is 0 Å². The second-order valence-corrected chi connectivity index (χ2v) is 4.32. The molecule has 0 fully saturated rings. The van der Waals surface area contributed by atoms with E-state index < -0.39 is 0 Å². The summed E-state index contributed by atoms with van der Waals surface area (Å²) in [5, 5.41) is 9.97. The van der Waals surface area contributed by atoms with Gasteiger partial charge in [-0.3, -0.25) is 0 Å². The molecule has 17 heavy (non-hydrogen) atoms. The topological polar surface area (TPSA) is 46.2 Å². The summed E-state index contributed by atoms with van der Waals surface area (Å²) in [7, 11) is 0. The Bertz CT molecular complexity index is 496. The quantitative estimate of drug-likeness (QED) is 0.876. The first-order valence-electron chi connectivity index (χ1n) is 5.42. The van der Waals surface area contributed by atoms with Gasteiger partial charge in [-0.25, -0.2) is 0 Å². The molecule has 0 bridgehead atoms. The predicted octanol–water partition coefficient (Wildman–Crippen LogP) is 2.88. The normalized spacial score (nSPS) is 12.4. The summed E-state index contributed by atoms with van der Waals surface area (Å²) in [4.78, 5) is 0. The minimum absolute atomic E-state index is 0.00252. The van der Waals surface area contributed by atoms with Crippen molar-refractivity contribution in [2.24, 2.45) is 5.73 Å². The van der Waals surface area contributed by atoms with Gasteiger partial charge in [-0.1, -0.05) is 48.0 Å². The third kappa shape index (κ3) is 2.67. The van der Waals surface area contributed by atoms with E-state index in [2.05, 4.69) is 0 Å². The predicted molar refractivity (Wildman–Crippen MR) is 69.8 cm³/mol. The van der Waals surface area contributed by atoms with Gasteiger partial charge in [-0.15, -0.1) is 0 Å². The highest BCUT2D eigenvalue weighted by Crippen LogP contribution is 2.24. The van der Waals surface area contributed by atoms with Crippen molar-refractivity contribution in [2.45, 2.75) is 12.6 Å². The number of rotatable bonds is 3. The highest BCUT2D eigenvalue weighted by molar-refractivity contribution is 6.30. The molecule has 0 aliphatic rings. The lowest BCUT2D eigenvalue weighted by molar-refractivity contribution is 0.280. The largest absolute Gasteiger partial charge is 0.392 e. The lowest BCUT2D eigenvalue weighted by Gasteiger charge is -2.15. The second-order valence-electron chi connectivity index (χ2n) is 3.89. The maximum absolute atomic E-state index is 9.28. The molecule has 3 N–H and O–H groups in total. The maximum Gasteiger partial charge on any atom is 0.0685 e. The summed E-state index contributed by atoms with van der Waals surface area (Å²) in [5.41, 5.74) is 8.97. The van der Waals surface area contributed by atoms with Crippen molar-refractivity contribution < 1.29 is 5.11 Å². The van der Waals surface area contributed by atoms with E-state index in [9.17, 15) is 5.11 Å². The summed E-state index contributed by atoms with van der Waals surface area (Å²) in [6.45, 7) is -0.00252. The van der Waals surface area contributed by atoms with Crippen LogP contribution in [0.1, 0.15) is 22.7 Å². The third-order valence-electron chi connectivity index (χ3n) is 2.79. The molecule has 1 atom stereocenters. The van der Waals surface area contributed by atoms with Crippen LogP contribution in [0.4, 0.5) is 0 Å². The molecule has 2 nitrogen and oxygen atoms in total. The van der Waals surface area contributed by atoms with E-state index >= 15 is 0 Å². The molecule has 0 amide bonds. The van der Waals surface area contributed by atoms with E-state index in [4.69, 9.17) is 17.3 Å². The SMILES string of the molecule is NC(c1ccc(Cl)cc1)c1ccccc1CO. The Morgan fingerprint density at radius 3 is 2.35 bits per heavy atom. The Morgan fingerprint density at radius 1 is 1.06 bits per heavy atom. The first kappa shape index (κ1) is 12.1. The summed E-state index contributed by atoms with van der Waals surface area (Å²) in [6, 6.07) is 14.8. The number of aliphatic hydroxyl groups is 1. The van der Waals surface area contributed by atoms with Crippen molar-refractivity contribution in [3.8, 4) is 0 Å². The van der Waals surface area contributed by atoms with Gasteiger partial charge in [0.1, 0.15) is 0 Å². The van der Waals surface area contributed by atoms with E-state index in [1.807, 2.05) is 48.5 Å². The lowest BCUT2D eigenvalue weighted by atomic mass is 9.95. The van der Waals surface area contributed by atoms with Gasteiger partial charge in [0.15, 0.2) is 0 Å². The van der Waals surface area contributed by atoms with E-state index in [0.717, 1.165) is 16.7 Å². The smallest absolute Gasteiger partial charge is 0.0685 e. The van der Waals surface area contributed by atoms with Gasteiger partial charge in [-0.2, -0.15) is 0 Å². The summed E-state index contributed by atoms with van der Waals surface area (Å²) < 4.78 is 0. The molecular formula is C14H14ClNO. The molecule has 0 aliphatic carbocycles. The zero-order valence-corrected chi connectivity index (χ0v) is 10.1. The average Bonchev–Trinajstić information content (AvgIpc) is 2.39. The molecule has 3 heteroatoms. The van der Waals surface area contributed by atoms with Crippen LogP contribution in [0.15, 0.2) is 48.5 Å². The van der Waals surface area contributed by atoms with Gasteiger partial charge in [0, 0.05) is 5.02 Å². The molecule has 2 aromatic rings. The number of hydrogen-bond donors (Lipinski definition) is 2. The van der Waals surface area contributed by atoms with Crippen molar-refractivity contribution in [1.29, 1.82) is 0 Å². The molecule has 0 saturated carbocycles. The fourth-order valence-corrected chi connectivity index (χ4v) is 1.96. The van der Waals surface area contributed by atoms with Gasteiger partial charge in [0.25, 0.3) is 0 Å². The summed E-state index contributed by atoms with van der Waals surface area (Å²) in [5.74, 6) is 0. The third-order valence-corrected chi connectivity index (χ3v) is 3.04. The van der Waals surface area contributed by atoms with Crippen LogP contribution in [0.3, 0.4) is 0 Å². The highest BCUT2D eigenvalue weighted by atomic mass is 35.5. The molecule has 0 aromatic heterocycles. The Kier molecular flexibility index (Phi) is 3.79. The number of hydrogen-bond acceptors (Lipinski definition) is 2. The van der Waals surface area contributed by atoms with Crippen molar-refractivity contribution in [3.63, 3.8) is 0 Å². The Labute approximate surface area is 106 Å². The number of aliphatic hydroxyl groups excluding tert-OH is 1. The van der Waals surface area contributed by atoms with E-state index in [1.165, 1.54) is 0 Å². The molecule has 2 aromatic carbocycles. The molecule has 0 aliphatic heterocycles. The summed E-state index contributed by atoms with van der Waals surface area (Å²) in [6.07, 6.45) is 0. The van der Waals surface area contributed by atoms with Gasteiger partial charge < -0.3 is 10.8 Å². The fourth-order valence-electron chi connectivity index (χ4n) is 1.83. The lowest BCUT2D eigenvalue weighted by Crippen LogP contribution is -2.14. The molecule has 0 spiro atoms. The van der Waals surface area contributed by atoms with Crippen LogP contribution in [0.25, 0.3) is 0 Å². The van der Waals surface area contributed by atoms with Gasteiger partial charge in [-0.05, 0) is 28.8 Å². The van der Waals surface area contributed by atoms with Crippen LogP contribution in [0.5, 0.6) is 0 Å². The van der Waals surface area contributed by atoms with Gasteiger partial charge in [0.2, 0.25) is 0 Å². The van der Waals surface area contributed by atoms with Crippen LogP contribution in [-0.2, 0) is 6.61 Å². The minimum Gasteiger partial charge on any atom is -0.392 e. The Hall–Kier alpha value is -1.35. The van der Waals surface area contributed by atoms with Crippen LogP contribution in [0.2, 0.25) is 5.02 Å². The summed E-state index contributed by atoms with van der Waals surface area (Å²) >= 11 is 5.84. The first-order chi connectivity index (χ1) is 8.22. The van der Waals surface area contributed by atoms with Crippen LogP contribution >= 0.6 is 11.6 Å². The van der Waals surface area contributed by atoms with E-state index in [0.29, 0.717) is 5.02 Å². The Balaban J connectivity index is 2.36. The zero-order chi connectivity index (χ0) is 12.3. The standard InChI is InChI=1S/C14H14ClNO/c15-12-7-5-10(6-8-12)14(16)13-4-2-1-3-11(13)9-17/h1-8,14,17H,9,16H2. The average molecular weight is 248 g/mol. The van der Waals surface area contributed by atoms with Crippen molar-refractivity contribution in [3.05, 3.63) is 70.2 Å². The van der Waals surface area contributed by atoms with Crippen molar-refractivity contribution in [1.82, 2.24) is 0 Å². The van der Waals surface area contributed by atoms with Crippen LogP contribution in [0, 0.1) is 0 Å². The molecule has 0 radical (unpaired) electrons. The second kappa shape index (κ2) is 5.32.